The van der Waals surface area contributed by atoms with E-state index in [2.05, 4.69) is 20.8 Å². The minimum atomic E-state index is -0.242. The Hall–Kier alpha value is -2.37. The second-order valence-electron chi connectivity index (χ2n) is 5.34. The summed E-state index contributed by atoms with van der Waals surface area (Å²) in [6, 6.07) is 7.79. The van der Waals surface area contributed by atoms with Crippen LogP contribution in [0.5, 0.6) is 0 Å². The number of nitrogens with one attached hydrogen (secondary N) is 2. The maximum absolute atomic E-state index is 11.7. The largest absolute Gasteiger partial charge is 0.339 e. The fourth-order valence-corrected chi connectivity index (χ4v) is 1.95. The van der Waals surface area contributed by atoms with Crippen molar-refractivity contribution in [2.45, 2.75) is 38.8 Å². The fraction of sp³-hybridized carbons (Fsp3) is 0.400. The van der Waals surface area contributed by atoms with Crippen LogP contribution in [0, 0.1) is 6.92 Å². The molecule has 0 bridgehead atoms. The summed E-state index contributed by atoms with van der Waals surface area (Å²) in [7, 11) is 0. The van der Waals surface area contributed by atoms with Crippen LogP contribution in [-0.4, -0.2) is 16.2 Å². The van der Waals surface area contributed by atoms with Crippen LogP contribution in [0.15, 0.2) is 28.8 Å². The van der Waals surface area contributed by atoms with E-state index in [1.807, 2.05) is 31.2 Å². The first-order chi connectivity index (χ1) is 10.2. The summed E-state index contributed by atoms with van der Waals surface area (Å²) in [5.74, 6) is 1.64. The molecule has 1 aliphatic carbocycles. The Bertz CT molecular complexity index is 617. The van der Waals surface area contributed by atoms with Crippen LogP contribution < -0.4 is 10.6 Å². The third-order valence-corrected chi connectivity index (χ3v) is 3.39. The molecular formula is C15H18N4O2. The topological polar surface area (TPSA) is 80.0 Å². The summed E-state index contributed by atoms with van der Waals surface area (Å²) in [5.41, 5.74) is 2.26. The van der Waals surface area contributed by atoms with Gasteiger partial charge < -0.3 is 15.2 Å². The predicted molar refractivity (Wildman–Crippen MR) is 76.5 cm³/mol. The molecule has 1 fully saturated rings. The van der Waals surface area contributed by atoms with Crippen LogP contribution in [0.25, 0.3) is 0 Å². The summed E-state index contributed by atoms with van der Waals surface area (Å²) < 4.78 is 5.13. The first-order valence-electron chi connectivity index (χ1n) is 7.10. The molecule has 6 nitrogen and oxygen atoms in total. The Labute approximate surface area is 122 Å². The second kappa shape index (κ2) is 5.95. The average Bonchev–Trinajstić information content (AvgIpc) is 3.23. The summed E-state index contributed by atoms with van der Waals surface area (Å²) in [6.45, 7) is 2.80. The molecule has 110 valence electrons. The highest BCUT2D eigenvalue weighted by Gasteiger charge is 2.29. The molecule has 21 heavy (non-hydrogen) atoms. The number of urea groups is 1. The van der Waals surface area contributed by atoms with Gasteiger partial charge in [-0.1, -0.05) is 35.0 Å². The van der Waals surface area contributed by atoms with E-state index in [9.17, 15) is 4.79 Å². The van der Waals surface area contributed by atoms with Gasteiger partial charge in [-0.25, -0.2) is 4.79 Å². The molecule has 1 aliphatic rings. The van der Waals surface area contributed by atoms with Crippen molar-refractivity contribution < 1.29 is 9.32 Å². The summed E-state index contributed by atoms with van der Waals surface area (Å²) >= 11 is 0. The van der Waals surface area contributed by atoms with Crippen molar-refractivity contribution in [3.8, 4) is 0 Å². The van der Waals surface area contributed by atoms with Crippen molar-refractivity contribution in [3.63, 3.8) is 0 Å². The number of nitrogens with zero attached hydrogens (tertiary/aromatic N) is 2. The molecule has 6 heteroatoms. The zero-order valence-corrected chi connectivity index (χ0v) is 11.9. The number of hydrogen-bond donors (Lipinski definition) is 2. The summed E-state index contributed by atoms with van der Waals surface area (Å²) in [4.78, 5) is 16.0. The van der Waals surface area contributed by atoms with Crippen LogP contribution in [0.3, 0.4) is 0 Å². The van der Waals surface area contributed by atoms with Crippen molar-refractivity contribution in [2.75, 3.05) is 0 Å². The highest BCUT2D eigenvalue weighted by Crippen LogP contribution is 2.38. The van der Waals surface area contributed by atoms with Crippen LogP contribution in [0.4, 0.5) is 4.79 Å². The normalized spacial score (nSPS) is 14.0. The third kappa shape index (κ3) is 3.81. The zero-order chi connectivity index (χ0) is 14.7. The van der Waals surface area contributed by atoms with E-state index < -0.39 is 0 Å². The molecule has 0 aliphatic heterocycles. The number of rotatable bonds is 5. The van der Waals surface area contributed by atoms with E-state index in [1.165, 1.54) is 5.56 Å². The molecule has 0 atom stereocenters. The average molecular weight is 286 g/mol. The quantitative estimate of drug-likeness (QED) is 0.883. The van der Waals surface area contributed by atoms with Gasteiger partial charge in [0, 0.05) is 12.5 Å². The Morgan fingerprint density at radius 1 is 1.24 bits per heavy atom. The maximum Gasteiger partial charge on any atom is 0.315 e. The minimum Gasteiger partial charge on any atom is -0.339 e. The molecule has 0 saturated heterocycles. The van der Waals surface area contributed by atoms with E-state index in [-0.39, 0.29) is 12.6 Å². The number of aromatic nitrogens is 2. The molecule has 3 rings (SSSR count). The van der Waals surface area contributed by atoms with Crippen LogP contribution in [0.2, 0.25) is 0 Å². The van der Waals surface area contributed by atoms with Gasteiger partial charge in [0.25, 0.3) is 0 Å². The van der Waals surface area contributed by atoms with Gasteiger partial charge in [0.15, 0.2) is 5.82 Å². The molecule has 0 spiro atoms. The lowest BCUT2D eigenvalue weighted by molar-refractivity contribution is 0.239. The molecule has 2 N–H and O–H groups in total. The molecule has 2 amide bonds. The monoisotopic (exact) mass is 286 g/mol. The number of amides is 2. The lowest BCUT2D eigenvalue weighted by Crippen LogP contribution is -2.34. The van der Waals surface area contributed by atoms with E-state index in [4.69, 9.17) is 4.52 Å². The van der Waals surface area contributed by atoms with Gasteiger partial charge in [-0.05, 0) is 25.3 Å². The van der Waals surface area contributed by atoms with Crippen LogP contribution in [-0.2, 0) is 13.1 Å². The standard InChI is InChI=1S/C15H18N4O2/c1-10-2-4-11(5-3-10)8-16-15(20)17-9-13-18-14(21-19-13)12-6-7-12/h2-5,12H,6-9H2,1H3,(H2,16,17,20). The first kappa shape index (κ1) is 13.6. The molecule has 1 saturated carbocycles. The number of carbonyl (C=O) groups is 1. The Balaban J connectivity index is 1.42. The molecule has 1 aromatic carbocycles. The van der Waals surface area contributed by atoms with Crippen molar-refractivity contribution in [3.05, 3.63) is 47.1 Å². The SMILES string of the molecule is Cc1ccc(CNC(=O)NCc2noc(C3CC3)n2)cc1. The summed E-state index contributed by atoms with van der Waals surface area (Å²) in [6.07, 6.45) is 2.23. The van der Waals surface area contributed by atoms with Gasteiger partial charge in [0.2, 0.25) is 5.89 Å². The van der Waals surface area contributed by atoms with E-state index >= 15 is 0 Å². The lowest BCUT2D eigenvalue weighted by atomic mass is 10.1. The summed E-state index contributed by atoms with van der Waals surface area (Å²) in [5, 5.41) is 9.36. The third-order valence-electron chi connectivity index (χ3n) is 3.39. The predicted octanol–water partition coefficient (Wildman–Crippen LogP) is 2.25. The van der Waals surface area contributed by atoms with Crippen molar-refractivity contribution in [1.29, 1.82) is 0 Å². The maximum atomic E-state index is 11.7. The van der Waals surface area contributed by atoms with Gasteiger partial charge in [0.1, 0.15) is 0 Å². The molecular weight excluding hydrogens is 268 g/mol. The zero-order valence-electron chi connectivity index (χ0n) is 11.9. The van der Waals surface area contributed by atoms with Crippen LogP contribution in [0.1, 0.15) is 41.6 Å². The number of hydrogen-bond acceptors (Lipinski definition) is 4. The second-order valence-corrected chi connectivity index (χ2v) is 5.34. The molecule has 0 radical (unpaired) electrons. The number of carbonyl (C=O) groups excluding carboxylic acids is 1. The van der Waals surface area contributed by atoms with Crippen molar-refractivity contribution in [2.24, 2.45) is 0 Å². The highest BCUT2D eigenvalue weighted by atomic mass is 16.5. The van der Waals surface area contributed by atoms with E-state index in [0.717, 1.165) is 18.4 Å². The number of aryl methyl sites for hydroxylation is 1. The van der Waals surface area contributed by atoms with Gasteiger partial charge in [-0.2, -0.15) is 4.98 Å². The van der Waals surface area contributed by atoms with Gasteiger partial charge in [-0.15, -0.1) is 0 Å². The van der Waals surface area contributed by atoms with Gasteiger partial charge >= 0.3 is 6.03 Å². The fourth-order valence-electron chi connectivity index (χ4n) is 1.95. The minimum absolute atomic E-state index is 0.242. The molecule has 2 aromatic rings. The molecule has 1 aromatic heterocycles. The number of benzene rings is 1. The smallest absolute Gasteiger partial charge is 0.315 e. The van der Waals surface area contributed by atoms with Crippen molar-refractivity contribution >= 4 is 6.03 Å². The van der Waals surface area contributed by atoms with E-state index in [0.29, 0.717) is 24.2 Å². The molecule has 0 unspecified atom stereocenters. The Morgan fingerprint density at radius 2 is 1.95 bits per heavy atom. The highest BCUT2D eigenvalue weighted by molar-refractivity contribution is 5.73. The van der Waals surface area contributed by atoms with Crippen molar-refractivity contribution in [1.82, 2.24) is 20.8 Å². The Morgan fingerprint density at radius 3 is 2.67 bits per heavy atom. The molecule has 1 heterocycles. The van der Waals surface area contributed by atoms with Gasteiger partial charge in [-0.3, -0.25) is 0 Å². The Kier molecular flexibility index (Phi) is 3.85. The van der Waals surface area contributed by atoms with Crippen LogP contribution >= 0.6 is 0 Å². The van der Waals surface area contributed by atoms with E-state index in [1.54, 1.807) is 0 Å². The first-order valence-corrected chi connectivity index (χ1v) is 7.10. The lowest BCUT2D eigenvalue weighted by Gasteiger charge is -2.06. The van der Waals surface area contributed by atoms with Gasteiger partial charge in [0.05, 0.1) is 6.54 Å².